The van der Waals surface area contributed by atoms with Crippen LogP contribution in [0.15, 0.2) is 24.3 Å². The van der Waals surface area contributed by atoms with E-state index in [9.17, 15) is 4.79 Å². The lowest BCUT2D eigenvalue weighted by atomic mass is 10.00. The molecule has 1 atom stereocenters. The third-order valence-electron chi connectivity index (χ3n) is 2.93. The average molecular weight is 228 g/mol. The summed E-state index contributed by atoms with van der Waals surface area (Å²) in [5.74, 6) is 0.275. The van der Waals surface area contributed by atoms with Gasteiger partial charge in [0.1, 0.15) is 5.69 Å². The van der Waals surface area contributed by atoms with Gasteiger partial charge < -0.3 is 0 Å². The predicted molar refractivity (Wildman–Crippen MR) is 68.2 cm³/mol. The number of hydrogen-bond donors (Lipinski definition) is 0. The van der Waals surface area contributed by atoms with E-state index < -0.39 is 0 Å². The second kappa shape index (κ2) is 5.04. The molecule has 0 aliphatic carbocycles. The first kappa shape index (κ1) is 11.7. The molecule has 1 unspecified atom stereocenters. The maximum absolute atomic E-state index is 11.1. The fourth-order valence-electron chi connectivity index (χ4n) is 2.05. The molecule has 0 amide bonds. The number of aromatic nitrogens is 2. The largest absolute Gasteiger partial charge is 0.296 e. The molecule has 0 saturated heterocycles. The summed E-state index contributed by atoms with van der Waals surface area (Å²) in [6.07, 6.45) is 2.91. The summed E-state index contributed by atoms with van der Waals surface area (Å²) >= 11 is 0. The van der Waals surface area contributed by atoms with Crippen molar-refractivity contribution in [3.63, 3.8) is 0 Å². The Kier molecular flexibility index (Phi) is 3.47. The number of carbonyl (C=O) groups is 1. The topological polar surface area (TPSA) is 42.9 Å². The van der Waals surface area contributed by atoms with Gasteiger partial charge in [0.15, 0.2) is 6.29 Å². The van der Waals surface area contributed by atoms with E-state index in [1.165, 1.54) is 0 Å². The Morgan fingerprint density at radius 3 is 2.47 bits per heavy atom. The highest BCUT2D eigenvalue weighted by Gasteiger charge is 2.14. The van der Waals surface area contributed by atoms with Crippen molar-refractivity contribution < 1.29 is 4.79 Å². The van der Waals surface area contributed by atoms with Gasteiger partial charge in [-0.1, -0.05) is 32.4 Å². The summed E-state index contributed by atoms with van der Waals surface area (Å²) in [5.41, 5.74) is 2.93. The van der Waals surface area contributed by atoms with Gasteiger partial charge in [0.05, 0.1) is 16.7 Å². The molecule has 1 aromatic carbocycles. The second-order valence-corrected chi connectivity index (χ2v) is 4.29. The third-order valence-corrected chi connectivity index (χ3v) is 2.93. The van der Waals surface area contributed by atoms with E-state index in [4.69, 9.17) is 0 Å². The lowest BCUT2D eigenvalue weighted by molar-refractivity contribution is 0.111. The highest BCUT2D eigenvalue weighted by molar-refractivity contribution is 5.81. The molecular weight excluding hydrogens is 212 g/mol. The fraction of sp³-hybridized carbons (Fsp3) is 0.357. The Morgan fingerprint density at radius 2 is 1.88 bits per heavy atom. The van der Waals surface area contributed by atoms with Crippen LogP contribution in [0, 0.1) is 0 Å². The van der Waals surface area contributed by atoms with Gasteiger partial charge in [0, 0.05) is 5.92 Å². The van der Waals surface area contributed by atoms with E-state index in [2.05, 4.69) is 23.8 Å². The molecule has 3 heteroatoms. The highest BCUT2D eigenvalue weighted by Crippen LogP contribution is 2.22. The van der Waals surface area contributed by atoms with Crippen LogP contribution in [0.3, 0.4) is 0 Å². The quantitative estimate of drug-likeness (QED) is 0.754. The van der Waals surface area contributed by atoms with E-state index in [1.54, 1.807) is 0 Å². The Morgan fingerprint density at radius 1 is 1.24 bits per heavy atom. The molecule has 17 heavy (non-hydrogen) atoms. The monoisotopic (exact) mass is 228 g/mol. The molecule has 0 spiro atoms. The van der Waals surface area contributed by atoms with E-state index in [0.29, 0.717) is 5.69 Å². The molecule has 1 heterocycles. The van der Waals surface area contributed by atoms with Gasteiger partial charge >= 0.3 is 0 Å². The Labute approximate surface area is 101 Å². The summed E-state index contributed by atoms with van der Waals surface area (Å²) < 4.78 is 0. The minimum absolute atomic E-state index is 0.275. The first-order valence-electron chi connectivity index (χ1n) is 5.98. The van der Waals surface area contributed by atoms with Gasteiger partial charge in [-0.3, -0.25) is 4.79 Å². The molecule has 88 valence electrons. The SMILES string of the molecule is CCCC(C)c1nc2ccccc2nc1C=O. The van der Waals surface area contributed by atoms with Crippen LogP contribution in [0.2, 0.25) is 0 Å². The Balaban J connectivity index is 2.56. The number of para-hydroxylation sites is 2. The molecule has 2 rings (SSSR count). The summed E-state index contributed by atoms with van der Waals surface area (Å²) in [5, 5.41) is 0. The first-order valence-corrected chi connectivity index (χ1v) is 5.98. The highest BCUT2D eigenvalue weighted by atomic mass is 16.1. The van der Waals surface area contributed by atoms with Gasteiger partial charge in [0.25, 0.3) is 0 Å². The van der Waals surface area contributed by atoms with Crippen LogP contribution >= 0.6 is 0 Å². The van der Waals surface area contributed by atoms with E-state index in [1.807, 2.05) is 24.3 Å². The average Bonchev–Trinajstić information content (AvgIpc) is 2.37. The molecule has 0 aliphatic heterocycles. The maximum atomic E-state index is 11.1. The Hall–Kier alpha value is -1.77. The standard InChI is InChI=1S/C14H16N2O/c1-3-6-10(2)14-13(9-17)15-11-7-4-5-8-12(11)16-14/h4-5,7-10H,3,6H2,1-2H3. The van der Waals surface area contributed by atoms with Gasteiger partial charge in [-0.15, -0.1) is 0 Å². The molecule has 0 N–H and O–H groups in total. The van der Waals surface area contributed by atoms with E-state index >= 15 is 0 Å². The van der Waals surface area contributed by atoms with Crippen molar-refractivity contribution in [2.24, 2.45) is 0 Å². The van der Waals surface area contributed by atoms with E-state index in [0.717, 1.165) is 35.9 Å². The number of fused-ring (bicyclic) bond motifs is 1. The molecule has 3 nitrogen and oxygen atoms in total. The number of nitrogens with zero attached hydrogens (tertiary/aromatic N) is 2. The number of rotatable bonds is 4. The number of hydrogen-bond acceptors (Lipinski definition) is 3. The van der Waals surface area contributed by atoms with Crippen molar-refractivity contribution in [3.05, 3.63) is 35.7 Å². The van der Waals surface area contributed by atoms with Crippen LogP contribution in [-0.4, -0.2) is 16.3 Å². The van der Waals surface area contributed by atoms with Crippen LogP contribution in [0.4, 0.5) is 0 Å². The van der Waals surface area contributed by atoms with E-state index in [-0.39, 0.29) is 5.92 Å². The number of aldehydes is 1. The van der Waals surface area contributed by atoms with Crippen LogP contribution in [0.5, 0.6) is 0 Å². The maximum Gasteiger partial charge on any atom is 0.170 e. The van der Waals surface area contributed by atoms with Gasteiger partial charge in [-0.2, -0.15) is 0 Å². The predicted octanol–water partition coefficient (Wildman–Crippen LogP) is 3.35. The molecule has 0 bridgehead atoms. The molecule has 0 radical (unpaired) electrons. The number of benzene rings is 1. The minimum atomic E-state index is 0.275. The lowest BCUT2D eigenvalue weighted by Crippen LogP contribution is -2.05. The molecule has 0 saturated carbocycles. The second-order valence-electron chi connectivity index (χ2n) is 4.29. The van der Waals surface area contributed by atoms with Crippen molar-refractivity contribution >= 4 is 17.3 Å². The van der Waals surface area contributed by atoms with Crippen LogP contribution < -0.4 is 0 Å². The first-order chi connectivity index (χ1) is 8.26. The van der Waals surface area contributed by atoms with Crippen molar-refractivity contribution in [1.82, 2.24) is 9.97 Å². The van der Waals surface area contributed by atoms with Crippen LogP contribution in [0.25, 0.3) is 11.0 Å². The minimum Gasteiger partial charge on any atom is -0.296 e. The fourth-order valence-corrected chi connectivity index (χ4v) is 2.05. The van der Waals surface area contributed by atoms with Crippen molar-refractivity contribution in [2.45, 2.75) is 32.6 Å². The van der Waals surface area contributed by atoms with Crippen LogP contribution in [0.1, 0.15) is 48.8 Å². The third kappa shape index (κ3) is 2.33. The van der Waals surface area contributed by atoms with Crippen LogP contribution in [-0.2, 0) is 0 Å². The normalized spacial score (nSPS) is 12.6. The zero-order chi connectivity index (χ0) is 12.3. The summed E-state index contributed by atoms with van der Waals surface area (Å²) in [6, 6.07) is 7.65. The molecule has 2 aromatic rings. The molecule has 0 aliphatic rings. The van der Waals surface area contributed by atoms with Crippen molar-refractivity contribution in [3.8, 4) is 0 Å². The van der Waals surface area contributed by atoms with Gasteiger partial charge in [0.2, 0.25) is 0 Å². The summed E-state index contributed by atoms with van der Waals surface area (Å²) in [7, 11) is 0. The lowest BCUT2D eigenvalue weighted by Gasteiger charge is -2.12. The van der Waals surface area contributed by atoms with Crippen molar-refractivity contribution in [2.75, 3.05) is 0 Å². The number of carbonyl (C=O) groups excluding carboxylic acids is 1. The molecule has 0 fully saturated rings. The zero-order valence-electron chi connectivity index (χ0n) is 10.2. The summed E-state index contributed by atoms with van der Waals surface area (Å²) in [6.45, 7) is 4.22. The Bertz CT molecular complexity index is 537. The summed E-state index contributed by atoms with van der Waals surface area (Å²) in [4.78, 5) is 20.0. The van der Waals surface area contributed by atoms with Gasteiger partial charge in [-0.25, -0.2) is 9.97 Å². The molecular formula is C14H16N2O. The zero-order valence-corrected chi connectivity index (χ0v) is 10.2. The molecule has 1 aromatic heterocycles. The van der Waals surface area contributed by atoms with Gasteiger partial charge in [-0.05, 0) is 18.6 Å². The van der Waals surface area contributed by atoms with Crippen molar-refractivity contribution in [1.29, 1.82) is 0 Å². The smallest absolute Gasteiger partial charge is 0.170 e.